The van der Waals surface area contributed by atoms with Crippen LogP contribution in [-0.2, 0) is 13.2 Å². The van der Waals surface area contributed by atoms with Crippen molar-refractivity contribution in [2.45, 2.75) is 27.0 Å². The number of furan rings is 1. The molecule has 0 spiro atoms. The number of aromatic nitrogens is 3. The SMILES string of the molecule is Cc1c(C)n(Cc2ccccc2)c2c(OCc3ccco3)nncc12. The Morgan fingerprint density at radius 1 is 1.08 bits per heavy atom. The highest BCUT2D eigenvalue weighted by Crippen LogP contribution is 2.31. The van der Waals surface area contributed by atoms with E-state index >= 15 is 0 Å². The lowest BCUT2D eigenvalue weighted by atomic mass is 10.2. The number of hydrogen-bond donors (Lipinski definition) is 0. The molecular weight excluding hydrogens is 314 g/mol. The summed E-state index contributed by atoms with van der Waals surface area (Å²) in [7, 11) is 0. The molecule has 0 unspecified atom stereocenters. The van der Waals surface area contributed by atoms with Crippen LogP contribution in [0.1, 0.15) is 22.6 Å². The van der Waals surface area contributed by atoms with Crippen LogP contribution in [0.4, 0.5) is 0 Å². The van der Waals surface area contributed by atoms with E-state index in [1.807, 2.05) is 18.2 Å². The minimum Gasteiger partial charge on any atom is -0.467 e. The average molecular weight is 333 g/mol. The first kappa shape index (κ1) is 15.4. The van der Waals surface area contributed by atoms with E-state index in [-0.39, 0.29) is 0 Å². The van der Waals surface area contributed by atoms with E-state index in [1.165, 1.54) is 16.8 Å². The highest BCUT2D eigenvalue weighted by Gasteiger charge is 2.17. The Bertz CT molecular complexity index is 989. The minimum absolute atomic E-state index is 0.329. The first-order valence-corrected chi connectivity index (χ1v) is 8.24. The number of benzene rings is 1. The molecule has 0 bridgehead atoms. The van der Waals surface area contributed by atoms with E-state index in [0.29, 0.717) is 12.5 Å². The molecule has 0 amide bonds. The number of aryl methyl sites for hydroxylation is 1. The molecule has 4 aromatic rings. The fourth-order valence-electron chi connectivity index (χ4n) is 3.06. The van der Waals surface area contributed by atoms with Gasteiger partial charge in [0.15, 0.2) is 0 Å². The average Bonchev–Trinajstić information content (AvgIpc) is 3.24. The highest BCUT2D eigenvalue weighted by atomic mass is 16.5. The molecule has 5 nitrogen and oxygen atoms in total. The van der Waals surface area contributed by atoms with Crippen molar-refractivity contribution >= 4 is 10.9 Å². The minimum atomic E-state index is 0.329. The van der Waals surface area contributed by atoms with Crippen molar-refractivity contribution in [1.29, 1.82) is 0 Å². The summed E-state index contributed by atoms with van der Waals surface area (Å²) in [6.07, 6.45) is 3.44. The molecule has 5 heteroatoms. The molecule has 0 saturated carbocycles. The van der Waals surface area contributed by atoms with Gasteiger partial charge in [-0.05, 0) is 37.1 Å². The smallest absolute Gasteiger partial charge is 0.258 e. The van der Waals surface area contributed by atoms with Gasteiger partial charge in [-0.2, -0.15) is 5.10 Å². The molecule has 0 aliphatic rings. The summed E-state index contributed by atoms with van der Waals surface area (Å²) in [6.45, 7) is 5.32. The van der Waals surface area contributed by atoms with Crippen LogP contribution in [0, 0.1) is 13.8 Å². The van der Waals surface area contributed by atoms with Crippen LogP contribution in [-0.4, -0.2) is 14.8 Å². The van der Waals surface area contributed by atoms with Gasteiger partial charge in [-0.3, -0.25) is 0 Å². The predicted octanol–water partition coefficient (Wildman–Crippen LogP) is 4.27. The summed E-state index contributed by atoms with van der Waals surface area (Å²) in [5.41, 5.74) is 4.59. The Morgan fingerprint density at radius 3 is 2.68 bits per heavy atom. The molecule has 0 radical (unpaired) electrons. The molecular formula is C20H19N3O2. The fraction of sp³-hybridized carbons (Fsp3) is 0.200. The number of nitrogens with zero attached hydrogens (tertiary/aromatic N) is 3. The van der Waals surface area contributed by atoms with Crippen molar-refractivity contribution in [1.82, 2.24) is 14.8 Å². The van der Waals surface area contributed by atoms with E-state index in [4.69, 9.17) is 9.15 Å². The van der Waals surface area contributed by atoms with Crippen LogP contribution >= 0.6 is 0 Å². The van der Waals surface area contributed by atoms with Gasteiger partial charge >= 0.3 is 0 Å². The number of rotatable bonds is 5. The third kappa shape index (κ3) is 2.89. The molecule has 3 heterocycles. The van der Waals surface area contributed by atoms with Crippen molar-refractivity contribution in [3.63, 3.8) is 0 Å². The Labute approximate surface area is 145 Å². The molecule has 0 fully saturated rings. The number of fused-ring (bicyclic) bond motifs is 1. The summed E-state index contributed by atoms with van der Waals surface area (Å²) in [6, 6.07) is 14.1. The zero-order chi connectivity index (χ0) is 17.2. The molecule has 0 aliphatic heterocycles. The van der Waals surface area contributed by atoms with Crippen molar-refractivity contribution in [2.24, 2.45) is 0 Å². The largest absolute Gasteiger partial charge is 0.467 e. The first-order valence-electron chi connectivity index (χ1n) is 8.24. The van der Waals surface area contributed by atoms with E-state index in [0.717, 1.165) is 23.2 Å². The molecule has 126 valence electrons. The topological polar surface area (TPSA) is 53.1 Å². The zero-order valence-electron chi connectivity index (χ0n) is 14.3. The van der Waals surface area contributed by atoms with E-state index in [2.05, 4.69) is 52.9 Å². The van der Waals surface area contributed by atoms with Crippen LogP contribution in [0.25, 0.3) is 10.9 Å². The van der Waals surface area contributed by atoms with Gasteiger partial charge in [0, 0.05) is 17.6 Å². The molecule has 4 rings (SSSR count). The zero-order valence-corrected chi connectivity index (χ0v) is 14.3. The molecule has 1 aromatic carbocycles. The van der Waals surface area contributed by atoms with Crippen LogP contribution in [0.3, 0.4) is 0 Å². The third-order valence-electron chi connectivity index (χ3n) is 4.53. The van der Waals surface area contributed by atoms with Gasteiger partial charge in [0.1, 0.15) is 17.9 Å². The van der Waals surface area contributed by atoms with Crippen LogP contribution in [0.5, 0.6) is 5.88 Å². The molecule has 25 heavy (non-hydrogen) atoms. The maximum absolute atomic E-state index is 5.92. The summed E-state index contributed by atoms with van der Waals surface area (Å²) in [4.78, 5) is 0. The van der Waals surface area contributed by atoms with Crippen molar-refractivity contribution < 1.29 is 9.15 Å². The molecule has 0 saturated heterocycles. The van der Waals surface area contributed by atoms with Gasteiger partial charge < -0.3 is 13.7 Å². The Kier molecular flexibility index (Phi) is 3.98. The quantitative estimate of drug-likeness (QED) is 0.547. The highest BCUT2D eigenvalue weighted by molar-refractivity contribution is 5.88. The van der Waals surface area contributed by atoms with Gasteiger partial charge in [-0.25, -0.2) is 0 Å². The summed E-state index contributed by atoms with van der Waals surface area (Å²) < 4.78 is 13.5. The van der Waals surface area contributed by atoms with E-state index in [9.17, 15) is 0 Å². The fourth-order valence-corrected chi connectivity index (χ4v) is 3.06. The van der Waals surface area contributed by atoms with Crippen LogP contribution in [0.2, 0.25) is 0 Å². The lowest BCUT2D eigenvalue weighted by molar-refractivity contribution is 0.260. The summed E-state index contributed by atoms with van der Waals surface area (Å²) in [5.74, 6) is 1.29. The van der Waals surface area contributed by atoms with Gasteiger partial charge in [-0.1, -0.05) is 30.3 Å². The van der Waals surface area contributed by atoms with Crippen LogP contribution < -0.4 is 4.74 Å². The Balaban J connectivity index is 1.77. The monoisotopic (exact) mass is 333 g/mol. The van der Waals surface area contributed by atoms with Crippen LogP contribution in [0.15, 0.2) is 59.3 Å². The second kappa shape index (κ2) is 6.43. The van der Waals surface area contributed by atoms with Crippen molar-refractivity contribution in [2.75, 3.05) is 0 Å². The maximum Gasteiger partial charge on any atom is 0.258 e. The third-order valence-corrected chi connectivity index (χ3v) is 4.53. The molecule has 3 aromatic heterocycles. The lowest BCUT2D eigenvalue weighted by Crippen LogP contribution is -2.05. The molecule has 0 aliphatic carbocycles. The summed E-state index contributed by atoms with van der Waals surface area (Å²) in [5, 5.41) is 9.41. The second-order valence-electron chi connectivity index (χ2n) is 6.06. The molecule has 0 N–H and O–H groups in total. The van der Waals surface area contributed by atoms with Crippen molar-refractivity contribution in [3.05, 3.63) is 77.5 Å². The normalized spacial score (nSPS) is 11.1. The first-order chi connectivity index (χ1) is 12.2. The van der Waals surface area contributed by atoms with E-state index < -0.39 is 0 Å². The summed E-state index contributed by atoms with van der Waals surface area (Å²) >= 11 is 0. The lowest BCUT2D eigenvalue weighted by Gasteiger charge is -2.11. The van der Waals surface area contributed by atoms with Gasteiger partial charge in [0.2, 0.25) is 0 Å². The maximum atomic E-state index is 5.92. The number of ether oxygens (including phenoxy) is 1. The van der Waals surface area contributed by atoms with Gasteiger partial charge in [-0.15, -0.1) is 5.10 Å². The van der Waals surface area contributed by atoms with E-state index in [1.54, 1.807) is 12.5 Å². The van der Waals surface area contributed by atoms with Gasteiger partial charge in [0.25, 0.3) is 5.88 Å². The predicted molar refractivity (Wildman–Crippen MR) is 95.6 cm³/mol. The standard InChI is InChI=1S/C20H19N3O2/c1-14-15(2)23(12-16-7-4-3-5-8-16)19-18(14)11-21-22-20(19)25-13-17-9-6-10-24-17/h3-11H,12-13H2,1-2H3. The Hall–Kier alpha value is -3.08. The molecule has 0 atom stereocenters. The second-order valence-corrected chi connectivity index (χ2v) is 6.06. The number of hydrogen-bond acceptors (Lipinski definition) is 4. The van der Waals surface area contributed by atoms with Crippen molar-refractivity contribution in [3.8, 4) is 5.88 Å². The van der Waals surface area contributed by atoms with Gasteiger partial charge in [0.05, 0.1) is 12.5 Å². The Morgan fingerprint density at radius 2 is 1.92 bits per heavy atom.